The lowest BCUT2D eigenvalue weighted by molar-refractivity contribution is -0.132. The molecular formula is C21H19BBr2O5. The second-order valence-electron chi connectivity index (χ2n) is 6.56. The van der Waals surface area contributed by atoms with Crippen molar-refractivity contribution in [2.24, 2.45) is 0 Å². The predicted molar refractivity (Wildman–Crippen MR) is 122 cm³/mol. The number of halogens is 2. The van der Waals surface area contributed by atoms with Crippen molar-refractivity contribution in [3.8, 4) is 11.5 Å². The molecule has 0 aliphatic heterocycles. The Labute approximate surface area is 186 Å². The zero-order chi connectivity index (χ0) is 22.0. The summed E-state index contributed by atoms with van der Waals surface area (Å²) < 4.78 is 6.76. The number of aliphatic carboxylic acids is 1. The van der Waals surface area contributed by atoms with Crippen molar-refractivity contribution in [2.75, 3.05) is 6.61 Å². The number of allylic oxidation sites excluding steroid dienone is 4. The number of rotatable bonds is 6. The van der Waals surface area contributed by atoms with Gasteiger partial charge in [-0.1, -0.05) is 19.2 Å². The van der Waals surface area contributed by atoms with Crippen molar-refractivity contribution in [2.45, 2.75) is 13.8 Å². The Morgan fingerprint density at radius 3 is 2.45 bits per heavy atom. The van der Waals surface area contributed by atoms with E-state index in [1.54, 1.807) is 39.9 Å². The van der Waals surface area contributed by atoms with Crippen LogP contribution >= 0.6 is 31.9 Å². The minimum absolute atomic E-state index is 0.00161. The molecule has 1 aromatic carbocycles. The Balaban J connectivity index is 2.48. The smallest absolute Gasteiger partial charge is 0.335 e. The van der Waals surface area contributed by atoms with E-state index in [2.05, 4.69) is 45.0 Å². The van der Waals surface area contributed by atoms with Crippen LogP contribution in [-0.2, 0) is 9.59 Å². The van der Waals surface area contributed by atoms with Crippen LogP contribution in [0.4, 0.5) is 0 Å². The van der Waals surface area contributed by atoms with Crippen molar-refractivity contribution in [1.82, 2.24) is 0 Å². The lowest BCUT2D eigenvalue weighted by atomic mass is 9.77. The average molecular weight is 522 g/mol. The van der Waals surface area contributed by atoms with Gasteiger partial charge in [0.15, 0.2) is 5.78 Å². The summed E-state index contributed by atoms with van der Waals surface area (Å²) in [6.07, 6.45) is 1.71. The van der Waals surface area contributed by atoms with Gasteiger partial charge < -0.3 is 14.9 Å². The number of hydrogen-bond donors (Lipinski definition) is 2. The van der Waals surface area contributed by atoms with Gasteiger partial charge in [-0.2, -0.15) is 0 Å². The van der Waals surface area contributed by atoms with E-state index < -0.39 is 5.97 Å². The van der Waals surface area contributed by atoms with Crippen LogP contribution in [0, 0.1) is 0 Å². The van der Waals surface area contributed by atoms with Gasteiger partial charge >= 0.3 is 5.97 Å². The number of carboxylic acids is 1. The molecule has 1 aromatic rings. The Kier molecular flexibility index (Phi) is 7.13. The molecule has 2 N–H and O–H groups in total. The number of Topliss-reactive ketones (excluding diaryl/α,β-unsaturated/α-hetero) is 1. The summed E-state index contributed by atoms with van der Waals surface area (Å²) in [5.41, 5.74) is 3.09. The predicted octanol–water partition coefficient (Wildman–Crippen LogP) is 4.23. The molecule has 29 heavy (non-hydrogen) atoms. The highest BCUT2D eigenvalue weighted by molar-refractivity contribution is 9.11. The lowest BCUT2D eigenvalue weighted by Gasteiger charge is -2.23. The quantitative estimate of drug-likeness (QED) is 0.332. The Morgan fingerprint density at radius 1 is 1.24 bits per heavy atom. The largest absolute Gasteiger partial charge is 0.505 e. The second-order valence-corrected chi connectivity index (χ2v) is 8.21. The third-order valence-electron chi connectivity index (χ3n) is 4.72. The number of benzene rings is 1. The molecule has 0 aromatic heterocycles. The number of carbonyl (C=O) groups is 2. The first-order chi connectivity index (χ1) is 13.5. The molecule has 0 fully saturated rings. The number of carboxylic acid groups (broad SMARTS) is 1. The van der Waals surface area contributed by atoms with Crippen LogP contribution < -0.4 is 4.74 Å². The molecule has 1 aliphatic carbocycles. The van der Waals surface area contributed by atoms with Crippen LogP contribution in [0.25, 0.3) is 0 Å². The van der Waals surface area contributed by atoms with Gasteiger partial charge in [0.25, 0.3) is 0 Å². The number of phenols is 1. The first-order valence-electron chi connectivity index (χ1n) is 8.52. The van der Waals surface area contributed by atoms with Crippen LogP contribution in [0.2, 0.25) is 0 Å². The number of ketones is 1. The zero-order valence-corrected chi connectivity index (χ0v) is 19.4. The van der Waals surface area contributed by atoms with Crippen LogP contribution in [0.5, 0.6) is 11.5 Å². The van der Waals surface area contributed by atoms with Crippen molar-refractivity contribution >= 4 is 51.5 Å². The molecular weight excluding hydrogens is 503 g/mol. The van der Waals surface area contributed by atoms with E-state index in [1.165, 1.54) is 0 Å². The number of ether oxygens (including phenoxy) is 1. The highest BCUT2D eigenvalue weighted by Gasteiger charge is 2.24. The molecule has 5 nitrogen and oxygen atoms in total. The fraction of sp³-hybridized carbons (Fsp3) is 0.143. The van der Waals surface area contributed by atoms with Gasteiger partial charge in [0.2, 0.25) is 0 Å². The summed E-state index contributed by atoms with van der Waals surface area (Å²) in [5, 5.41) is 19.3. The number of phenolic OH excluding ortho intramolecular Hbond substituents is 1. The topological polar surface area (TPSA) is 83.8 Å². The van der Waals surface area contributed by atoms with E-state index >= 15 is 0 Å². The number of aromatic hydroxyl groups is 1. The zero-order valence-electron chi connectivity index (χ0n) is 16.2. The third kappa shape index (κ3) is 4.65. The van der Waals surface area contributed by atoms with Gasteiger partial charge in [-0.15, -0.1) is 0 Å². The third-order valence-corrected chi connectivity index (χ3v) is 6.13. The van der Waals surface area contributed by atoms with Gasteiger partial charge in [0.1, 0.15) is 30.4 Å². The molecule has 0 atom stereocenters. The molecule has 0 spiro atoms. The fourth-order valence-electron chi connectivity index (χ4n) is 2.83. The van der Waals surface area contributed by atoms with Crippen LogP contribution in [0.15, 0.2) is 79.2 Å². The van der Waals surface area contributed by atoms with Crippen LogP contribution in [-0.4, -0.2) is 36.4 Å². The molecule has 2 rings (SSSR count). The molecule has 8 heteroatoms. The summed E-state index contributed by atoms with van der Waals surface area (Å²) in [6.45, 7) is 10.9. The second kappa shape index (κ2) is 9.01. The Bertz CT molecular complexity index is 1050. The summed E-state index contributed by atoms with van der Waals surface area (Å²) in [5.74, 6) is -0.868. The Hall–Kier alpha value is -2.32. The first-order valence-corrected chi connectivity index (χ1v) is 10.1. The van der Waals surface area contributed by atoms with Crippen LogP contribution in [0.1, 0.15) is 13.8 Å². The van der Waals surface area contributed by atoms with Gasteiger partial charge in [0, 0.05) is 11.1 Å². The first kappa shape index (κ1) is 23.0. The Morgan fingerprint density at radius 2 is 1.86 bits per heavy atom. The van der Waals surface area contributed by atoms with E-state index in [1.807, 2.05) is 0 Å². The van der Waals surface area contributed by atoms with Crippen molar-refractivity contribution in [3.05, 3.63) is 79.2 Å². The van der Waals surface area contributed by atoms with Crippen molar-refractivity contribution < 1.29 is 24.5 Å². The van der Waals surface area contributed by atoms with E-state index in [-0.39, 0.29) is 29.3 Å². The minimum Gasteiger partial charge on any atom is -0.505 e. The van der Waals surface area contributed by atoms with E-state index in [0.717, 1.165) is 0 Å². The van der Waals surface area contributed by atoms with Gasteiger partial charge in [-0.25, -0.2) is 4.79 Å². The maximum Gasteiger partial charge on any atom is 0.335 e. The molecule has 0 unspecified atom stereocenters. The maximum absolute atomic E-state index is 12.5. The molecule has 0 radical (unpaired) electrons. The van der Waals surface area contributed by atoms with E-state index in [0.29, 0.717) is 42.5 Å². The number of carbonyl (C=O) groups excluding carboxylic acids is 1. The minimum atomic E-state index is -1.16. The van der Waals surface area contributed by atoms with Crippen LogP contribution in [0.3, 0.4) is 0 Å². The SMILES string of the molecule is BC1=C/C(=C(/C)C(=C)C(=C)C(=O)O)C(COc2ccc(Br)c(O)c2Br)=C(C)C1=O. The van der Waals surface area contributed by atoms with E-state index in [9.17, 15) is 19.8 Å². The van der Waals surface area contributed by atoms with Crippen molar-refractivity contribution in [3.63, 3.8) is 0 Å². The molecule has 150 valence electrons. The summed E-state index contributed by atoms with van der Waals surface area (Å²) in [6, 6.07) is 3.32. The summed E-state index contributed by atoms with van der Waals surface area (Å²) in [4.78, 5) is 23.8. The highest BCUT2D eigenvalue weighted by atomic mass is 79.9. The molecule has 0 bridgehead atoms. The summed E-state index contributed by atoms with van der Waals surface area (Å²) >= 11 is 6.52. The lowest BCUT2D eigenvalue weighted by Crippen LogP contribution is -2.18. The normalized spacial score (nSPS) is 15.7. The average Bonchev–Trinajstić information content (AvgIpc) is 2.68. The molecule has 1 aliphatic rings. The van der Waals surface area contributed by atoms with E-state index in [4.69, 9.17) is 4.74 Å². The molecule has 0 heterocycles. The fourth-order valence-corrected chi connectivity index (χ4v) is 3.88. The van der Waals surface area contributed by atoms with Gasteiger partial charge in [-0.3, -0.25) is 4.79 Å². The standard InChI is InChI=1S/C21H19BBr2O5/c1-9(11(3)21(27)28)10(2)13-7-15(22)19(25)12(4)14(13)8-29-17-6-5-16(23)20(26)18(17)24/h5-7,26H,1,3,8,22H2,2,4H3,(H,27,28)/b13-10+. The molecule has 0 saturated heterocycles. The van der Waals surface area contributed by atoms with Gasteiger partial charge in [-0.05, 0) is 80.0 Å². The highest BCUT2D eigenvalue weighted by Crippen LogP contribution is 2.40. The monoisotopic (exact) mass is 520 g/mol. The maximum atomic E-state index is 12.5. The number of hydrogen-bond acceptors (Lipinski definition) is 4. The van der Waals surface area contributed by atoms with Gasteiger partial charge in [0.05, 0.1) is 10.0 Å². The molecule has 0 saturated carbocycles. The summed E-state index contributed by atoms with van der Waals surface area (Å²) in [7, 11) is 1.70. The molecule has 0 amide bonds. The van der Waals surface area contributed by atoms with Crippen molar-refractivity contribution in [1.29, 1.82) is 0 Å².